The van der Waals surface area contributed by atoms with Gasteiger partial charge in [-0.3, -0.25) is 4.79 Å². The molecular formula is C9H16N2O3. The SMILES string of the molecule is CCC(=CCNCC(=O)NC)C(=O)O. The zero-order valence-corrected chi connectivity index (χ0v) is 8.46. The highest BCUT2D eigenvalue weighted by atomic mass is 16.4. The largest absolute Gasteiger partial charge is 0.478 e. The van der Waals surface area contributed by atoms with Crippen LogP contribution < -0.4 is 10.6 Å². The van der Waals surface area contributed by atoms with Crippen molar-refractivity contribution in [2.24, 2.45) is 0 Å². The van der Waals surface area contributed by atoms with E-state index in [9.17, 15) is 9.59 Å². The average molecular weight is 200 g/mol. The van der Waals surface area contributed by atoms with Crippen LogP contribution in [0.1, 0.15) is 13.3 Å². The minimum absolute atomic E-state index is 0.119. The second kappa shape index (κ2) is 7.08. The Morgan fingerprint density at radius 1 is 1.43 bits per heavy atom. The van der Waals surface area contributed by atoms with Crippen molar-refractivity contribution in [3.63, 3.8) is 0 Å². The van der Waals surface area contributed by atoms with Gasteiger partial charge < -0.3 is 15.7 Å². The van der Waals surface area contributed by atoms with E-state index in [2.05, 4.69) is 10.6 Å². The number of hydrogen-bond acceptors (Lipinski definition) is 3. The Bertz CT molecular complexity index is 236. The van der Waals surface area contributed by atoms with Gasteiger partial charge in [-0.2, -0.15) is 0 Å². The van der Waals surface area contributed by atoms with E-state index >= 15 is 0 Å². The summed E-state index contributed by atoms with van der Waals surface area (Å²) in [7, 11) is 1.55. The number of carboxylic acids is 1. The van der Waals surface area contributed by atoms with E-state index in [1.54, 1.807) is 20.0 Å². The molecule has 3 N–H and O–H groups in total. The molecule has 0 spiro atoms. The van der Waals surface area contributed by atoms with Gasteiger partial charge in [0.15, 0.2) is 0 Å². The maximum absolute atomic E-state index is 10.7. The average Bonchev–Trinajstić information content (AvgIpc) is 2.16. The number of carboxylic acid groups (broad SMARTS) is 1. The monoisotopic (exact) mass is 200 g/mol. The summed E-state index contributed by atoms with van der Waals surface area (Å²) < 4.78 is 0. The predicted octanol–water partition coefficient (Wildman–Crippen LogP) is -0.257. The summed E-state index contributed by atoms with van der Waals surface area (Å²) in [6, 6.07) is 0. The van der Waals surface area contributed by atoms with Gasteiger partial charge in [0.05, 0.1) is 6.54 Å². The van der Waals surface area contributed by atoms with Crippen LogP contribution in [0.25, 0.3) is 0 Å². The van der Waals surface area contributed by atoms with Crippen LogP contribution in [0.2, 0.25) is 0 Å². The second-order valence-electron chi connectivity index (χ2n) is 2.69. The Morgan fingerprint density at radius 3 is 2.50 bits per heavy atom. The molecule has 0 atom stereocenters. The van der Waals surface area contributed by atoms with Gasteiger partial charge in [0, 0.05) is 19.2 Å². The predicted molar refractivity (Wildman–Crippen MR) is 52.9 cm³/mol. The van der Waals surface area contributed by atoms with Crippen molar-refractivity contribution in [1.82, 2.24) is 10.6 Å². The molecule has 0 heterocycles. The van der Waals surface area contributed by atoms with Crippen LogP contribution >= 0.6 is 0 Å². The molecule has 0 rings (SSSR count). The van der Waals surface area contributed by atoms with Gasteiger partial charge in [-0.25, -0.2) is 4.79 Å². The Labute approximate surface area is 83.2 Å². The van der Waals surface area contributed by atoms with Crippen LogP contribution in [0, 0.1) is 0 Å². The van der Waals surface area contributed by atoms with Gasteiger partial charge in [-0.15, -0.1) is 0 Å². The molecule has 0 aliphatic heterocycles. The molecule has 0 aromatic heterocycles. The highest BCUT2D eigenvalue weighted by molar-refractivity contribution is 5.86. The molecule has 5 nitrogen and oxygen atoms in total. The summed E-state index contributed by atoms with van der Waals surface area (Å²) in [5.41, 5.74) is 0.356. The van der Waals surface area contributed by atoms with Crippen molar-refractivity contribution >= 4 is 11.9 Å². The lowest BCUT2D eigenvalue weighted by Crippen LogP contribution is -2.31. The molecule has 80 valence electrons. The van der Waals surface area contributed by atoms with Gasteiger partial charge in [-0.1, -0.05) is 13.0 Å². The van der Waals surface area contributed by atoms with Crippen LogP contribution in [-0.2, 0) is 9.59 Å². The van der Waals surface area contributed by atoms with E-state index in [4.69, 9.17) is 5.11 Å². The molecule has 0 saturated heterocycles. The summed E-state index contributed by atoms with van der Waals surface area (Å²) in [6.07, 6.45) is 2.06. The molecule has 0 fully saturated rings. The number of carbonyl (C=O) groups is 2. The van der Waals surface area contributed by atoms with E-state index < -0.39 is 5.97 Å². The molecule has 14 heavy (non-hydrogen) atoms. The van der Waals surface area contributed by atoms with Crippen LogP contribution in [0.4, 0.5) is 0 Å². The van der Waals surface area contributed by atoms with Gasteiger partial charge >= 0.3 is 5.97 Å². The van der Waals surface area contributed by atoms with E-state index in [0.29, 0.717) is 18.5 Å². The van der Waals surface area contributed by atoms with Crippen LogP contribution in [-0.4, -0.2) is 37.1 Å². The number of amides is 1. The van der Waals surface area contributed by atoms with E-state index in [1.807, 2.05) is 0 Å². The minimum Gasteiger partial charge on any atom is -0.478 e. The van der Waals surface area contributed by atoms with Crippen LogP contribution in [0.3, 0.4) is 0 Å². The lowest BCUT2D eigenvalue weighted by molar-refractivity contribution is -0.132. The van der Waals surface area contributed by atoms with Gasteiger partial charge in [0.2, 0.25) is 5.91 Å². The number of likely N-dealkylation sites (N-methyl/N-ethyl adjacent to an activating group) is 1. The van der Waals surface area contributed by atoms with Crippen molar-refractivity contribution in [1.29, 1.82) is 0 Å². The van der Waals surface area contributed by atoms with E-state index in [0.717, 1.165) is 0 Å². The van der Waals surface area contributed by atoms with Gasteiger partial charge in [-0.05, 0) is 6.42 Å². The van der Waals surface area contributed by atoms with Crippen molar-refractivity contribution in [3.8, 4) is 0 Å². The summed E-state index contributed by atoms with van der Waals surface area (Å²) in [4.78, 5) is 21.3. The minimum atomic E-state index is -0.908. The summed E-state index contributed by atoms with van der Waals surface area (Å²) in [5.74, 6) is -1.03. The first-order valence-electron chi connectivity index (χ1n) is 4.45. The van der Waals surface area contributed by atoms with E-state index in [1.165, 1.54) is 0 Å². The summed E-state index contributed by atoms with van der Waals surface area (Å²) in [5, 5.41) is 13.9. The Balaban J connectivity index is 3.79. The summed E-state index contributed by atoms with van der Waals surface area (Å²) in [6.45, 7) is 2.37. The molecule has 0 radical (unpaired) electrons. The number of nitrogens with one attached hydrogen (secondary N) is 2. The zero-order chi connectivity index (χ0) is 11.0. The lowest BCUT2D eigenvalue weighted by atomic mass is 10.2. The Morgan fingerprint density at radius 2 is 2.07 bits per heavy atom. The molecule has 0 aliphatic carbocycles. The molecule has 0 unspecified atom stereocenters. The smallest absolute Gasteiger partial charge is 0.331 e. The molecule has 0 aromatic rings. The maximum Gasteiger partial charge on any atom is 0.331 e. The lowest BCUT2D eigenvalue weighted by Gasteiger charge is -2.01. The molecular weight excluding hydrogens is 184 g/mol. The standard InChI is InChI=1S/C9H16N2O3/c1-3-7(9(13)14)4-5-11-6-8(12)10-2/h4,11H,3,5-6H2,1-2H3,(H,10,12)(H,13,14). The topological polar surface area (TPSA) is 78.4 Å². The van der Waals surface area contributed by atoms with Crippen molar-refractivity contribution in [2.75, 3.05) is 20.1 Å². The van der Waals surface area contributed by atoms with E-state index in [-0.39, 0.29) is 12.5 Å². The van der Waals surface area contributed by atoms with Crippen molar-refractivity contribution < 1.29 is 14.7 Å². The van der Waals surface area contributed by atoms with Crippen molar-refractivity contribution in [2.45, 2.75) is 13.3 Å². The molecule has 0 aliphatic rings. The van der Waals surface area contributed by atoms with Gasteiger partial charge in [0.1, 0.15) is 0 Å². The highest BCUT2D eigenvalue weighted by Gasteiger charge is 2.02. The number of carbonyl (C=O) groups excluding carboxylic acids is 1. The number of aliphatic carboxylic acids is 1. The fourth-order valence-electron chi connectivity index (χ4n) is 0.852. The zero-order valence-electron chi connectivity index (χ0n) is 8.46. The Hall–Kier alpha value is -1.36. The maximum atomic E-state index is 10.7. The third-order valence-electron chi connectivity index (χ3n) is 1.71. The third-order valence-corrected chi connectivity index (χ3v) is 1.71. The first-order valence-corrected chi connectivity index (χ1v) is 4.45. The third kappa shape index (κ3) is 5.31. The second-order valence-corrected chi connectivity index (χ2v) is 2.69. The van der Waals surface area contributed by atoms with Crippen molar-refractivity contribution in [3.05, 3.63) is 11.6 Å². The van der Waals surface area contributed by atoms with Crippen LogP contribution in [0.5, 0.6) is 0 Å². The molecule has 0 bridgehead atoms. The highest BCUT2D eigenvalue weighted by Crippen LogP contribution is 1.98. The molecule has 0 aromatic carbocycles. The normalized spacial score (nSPS) is 11.1. The first kappa shape index (κ1) is 12.6. The number of hydrogen-bond donors (Lipinski definition) is 3. The molecule has 1 amide bonds. The first-order chi connectivity index (χ1) is 6.61. The van der Waals surface area contributed by atoms with Gasteiger partial charge in [0.25, 0.3) is 0 Å². The molecule has 0 saturated carbocycles. The fourth-order valence-corrected chi connectivity index (χ4v) is 0.852. The quantitative estimate of drug-likeness (QED) is 0.408. The summed E-state index contributed by atoms with van der Waals surface area (Å²) >= 11 is 0. The number of rotatable bonds is 6. The Kier molecular flexibility index (Phi) is 6.39. The molecule has 5 heteroatoms. The van der Waals surface area contributed by atoms with Crippen LogP contribution in [0.15, 0.2) is 11.6 Å². The fraction of sp³-hybridized carbons (Fsp3) is 0.556.